The van der Waals surface area contributed by atoms with Crippen molar-refractivity contribution in [2.24, 2.45) is 0 Å². The minimum Gasteiger partial charge on any atom is -0.497 e. The summed E-state index contributed by atoms with van der Waals surface area (Å²) in [5.74, 6) is -0.862. The van der Waals surface area contributed by atoms with Gasteiger partial charge in [0.25, 0.3) is 11.8 Å². The third-order valence-corrected chi connectivity index (χ3v) is 4.90. The molecule has 166 valence electrons. The maximum Gasteiger partial charge on any atom is 0.335 e. The predicted molar refractivity (Wildman–Crippen MR) is 119 cm³/mol. The third kappa shape index (κ3) is 4.90. The zero-order chi connectivity index (χ0) is 23.4. The summed E-state index contributed by atoms with van der Waals surface area (Å²) in [5, 5.41) is 2.18. The molecule has 3 aromatic carbocycles. The molecule has 1 aliphatic heterocycles. The molecule has 4 rings (SSSR count). The summed E-state index contributed by atoms with van der Waals surface area (Å²) in [6.07, 6.45) is 1.38. The standard InChI is InChI=1S/C25H19FN2O5/c1-32-20-10-8-19(9-11-20)28-24(30)22(23(29)27-25(28)31)14-16-4-3-7-21(13-16)33-15-17-5-2-6-18(26)12-17/h2-14H,15H2,1H3,(H,27,29,31)/b22-14-. The number of nitrogens with one attached hydrogen (secondary N) is 1. The molecule has 0 radical (unpaired) electrons. The van der Waals surface area contributed by atoms with E-state index >= 15 is 0 Å². The molecule has 0 bridgehead atoms. The smallest absolute Gasteiger partial charge is 0.335 e. The van der Waals surface area contributed by atoms with Gasteiger partial charge in [0.15, 0.2) is 0 Å². The molecule has 0 saturated carbocycles. The number of methoxy groups -OCH3 is 1. The topological polar surface area (TPSA) is 84.9 Å². The van der Waals surface area contributed by atoms with Gasteiger partial charge >= 0.3 is 6.03 Å². The van der Waals surface area contributed by atoms with Crippen LogP contribution in [0.1, 0.15) is 11.1 Å². The Morgan fingerprint density at radius 2 is 1.70 bits per heavy atom. The van der Waals surface area contributed by atoms with Crippen molar-refractivity contribution in [3.05, 3.63) is 95.3 Å². The molecule has 1 saturated heterocycles. The Balaban J connectivity index is 1.56. The number of ether oxygens (including phenoxy) is 2. The lowest BCUT2D eigenvalue weighted by molar-refractivity contribution is -0.122. The van der Waals surface area contributed by atoms with Gasteiger partial charge in [-0.3, -0.25) is 14.9 Å². The fraction of sp³-hybridized carbons (Fsp3) is 0.0800. The van der Waals surface area contributed by atoms with Gasteiger partial charge < -0.3 is 9.47 Å². The van der Waals surface area contributed by atoms with Gasteiger partial charge in [0.2, 0.25) is 0 Å². The maximum atomic E-state index is 13.3. The Bertz CT molecular complexity index is 1250. The molecule has 0 spiro atoms. The van der Waals surface area contributed by atoms with Crippen LogP contribution in [-0.4, -0.2) is 25.0 Å². The Kier molecular flexibility index (Phi) is 6.17. The summed E-state index contributed by atoms with van der Waals surface area (Å²) in [6.45, 7) is 0.150. The summed E-state index contributed by atoms with van der Waals surface area (Å²) in [5.41, 5.74) is 1.28. The van der Waals surface area contributed by atoms with Crippen molar-refractivity contribution in [2.75, 3.05) is 12.0 Å². The van der Waals surface area contributed by atoms with E-state index in [0.717, 1.165) is 4.90 Å². The van der Waals surface area contributed by atoms with Gasteiger partial charge in [-0.15, -0.1) is 0 Å². The van der Waals surface area contributed by atoms with Crippen molar-refractivity contribution in [1.29, 1.82) is 0 Å². The monoisotopic (exact) mass is 446 g/mol. The zero-order valence-corrected chi connectivity index (χ0v) is 17.6. The van der Waals surface area contributed by atoms with Crippen LogP contribution in [0.3, 0.4) is 0 Å². The van der Waals surface area contributed by atoms with E-state index in [4.69, 9.17) is 9.47 Å². The Morgan fingerprint density at radius 3 is 2.42 bits per heavy atom. The quantitative estimate of drug-likeness (QED) is 0.456. The molecule has 7 nitrogen and oxygen atoms in total. The molecule has 0 unspecified atom stereocenters. The number of urea groups is 1. The predicted octanol–water partition coefficient (Wildman–Crippen LogP) is 4.08. The SMILES string of the molecule is COc1ccc(N2C(=O)NC(=O)/C(=C/c3cccc(OCc4cccc(F)c4)c3)C2=O)cc1. The van der Waals surface area contributed by atoms with Gasteiger partial charge in [-0.05, 0) is 65.7 Å². The van der Waals surface area contributed by atoms with Crippen LogP contribution in [0.25, 0.3) is 6.08 Å². The second-order valence-corrected chi connectivity index (χ2v) is 7.15. The lowest BCUT2D eigenvalue weighted by atomic mass is 10.1. The highest BCUT2D eigenvalue weighted by atomic mass is 19.1. The number of carbonyl (C=O) groups is 3. The molecule has 33 heavy (non-hydrogen) atoms. The number of rotatable bonds is 6. The van der Waals surface area contributed by atoms with Crippen molar-refractivity contribution >= 4 is 29.6 Å². The minimum atomic E-state index is -0.834. The van der Waals surface area contributed by atoms with Gasteiger partial charge in [-0.25, -0.2) is 14.1 Å². The highest BCUT2D eigenvalue weighted by molar-refractivity contribution is 6.39. The fourth-order valence-electron chi connectivity index (χ4n) is 3.28. The molecule has 4 amide bonds. The number of imide groups is 2. The first-order valence-electron chi connectivity index (χ1n) is 9.97. The Hall–Kier alpha value is -4.46. The van der Waals surface area contributed by atoms with E-state index in [0.29, 0.717) is 28.3 Å². The van der Waals surface area contributed by atoms with E-state index in [2.05, 4.69) is 5.32 Å². The minimum absolute atomic E-state index is 0.150. The molecule has 1 fully saturated rings. The van der Waals surface area contributed by atoms with Crippen LogP contribution in [0, 0.1) is 5.82 Å². The molecule has 0 atom stereocenters. The van der Waals surface area contributed by atoms with Crippen LogP contribution >= 0.6 is 0 Å². The molecule has 1 heterocycles. The number of nitrogens with zero attached hydrogens (tertiary/aromatic N) is 1. The summed E-state index contributed by atoms with van der Waals surface area (Å²) >= 11 is 0. The van der Waals surface area contributed by atoms with E-state index < -0.39 is 17.8 Å². The van der Waals surface area contributed by atoms with Crippen LogP contribution in [0.4, 0.5) is 14.9 Å². The number of anilines is 1. The van der Waals surface area contributed by atoms with E-state index in [1.807, 2.05) is 0 Å². The van der Waals surface area contributed by atoms with E-state index in [9.17, 15) is 18.8 Å². The van der Waals surface area contributed by atoms with Crippen LogP contribution < -0.4 is 19.7 Å². The number of carbonyl (C=O) groups excluding carboxylic acids is 3. The summed E-state index contributed by atoms with van der Waals surface area (Å²) in [6, 6.07) is 18.3. The van der Waals surface area contributed by atoms with Crippen LogP contribution in [-0.2, 0) is 16.2 Å². The van der Waals surface area contributed by atoms with Crippen LogP contribution in [0.5, 0.6) is 11.5 Å². The molecule has 0 aromatic heterocycles. The maximum absolute atomic E-state index is 13.3. The van der Waals surface area contributed by atoms with Crippen molar-refractivity contribution in [3.63, 3.8) is 0 Å². The number of benzene rings is 3. The van der Waals surface area contributed by atoms with Crippen molar-refractivity contribution in [2.45, 2.75) is 6.61 Å². The summed E-state index contributed by atoms with van der Waals surface area (Å²) in [7, 11) is 1.50. The molecule has 3 aromatic rings. The second-order valence-electron chi connectivity index (χ2n) is 7.15. The number of barbiturate groups is 1. The Morgan fingerprint density at radius 1 is 0.939 bits per heavy atom. The third-order valence-electron chi connectivity index (χ3n) is 4.90. The lowest BCUT2D eigenvalue weighted by Gasteiger charge is -2.26. The average molecular weight is 446 g/mol. The first-order valence-corrected chi connectivity index (χ1v) is 9.97. The van der Waals surface area contributed by atoms with E-state index in [-0.39, 0.29) is 18.0 Å². The van der Waals surface area contributed by atoms with Crippen LogP contribution in [0.2, 0.25) is 0 Å². The molecular weight excluding hydrogens is 427 g/mol. The lowest BCUT2D eigenvalue weighted by Crippen LogP contribution is -2.54. The fourth-order valence-corrected chi connectivity index (χ4v) is 3.28. The molecular formula is C25H19FN2O5. The molecule has 1 N–H and O–H groups in total. The van der Waals surface area contributed by atoms with Gasteiger partial charge in [0.1, 0.15) is 29.5 Å². The highest BCUT2D eigenvalue weighted by Crippen LogP contribution is 2.25. The van der Waals surface area contributed by atoms with E-state index in [1.54, 1.807) is 60.7 Å². The first kappa shape index (κ1) is 21.8. The van der Waals surface area contributed by atoms with Crippen LogP contribution in [0.15, 0.2) is 78.4 Å². The summed E-state index contributed by atoms with van der Waals surface area (Å²) < 4.78 is 24.1. The second kappa shape index (κ2) is 9.35. The number of halogens is 1. The van der Waals surface area contributed by atoms with Gasteiger partial charge in [0.05, 0.1) is 12.8 Å². The Labute approximate surface area is 189 Å². The highest BCUT2D eigenvalue weighted by Gasteiger charge is 2.36. The number of hydrogen-bond acceptors (Lipinski definition) is 5. The first-order chi connectivity index (χ1) is 15.9. The largest absolute Gasteiger partial charge is 0.497 e. The van der Waals surface area contributed by atoms with Crippen molar-refractivity contribution in [3.8, 4) is 11.5 Å². The normalized spacial score (nSPS) is 14.9. The molecule has 8 heteroatoms. The summed E-state index contributed by atoms with van der Waals surface area (Å²) in [4.78, 5) is 38.6. The number of amides is 4. The van der Waals surface area contributed by atoms with Gasteiger partial charge in [-0.2, -0.15) is 0 Å². The number of hydrogen-bond donors (Lipinski definition) is 1. The molecule has 0 aliphatic carbocycles. The van der Waals surface area contributed by atoms with Gasteiger partial charge in [0, 0.05) is 0 Å². The van der Waals surface area contributed by atoms with Gasteiger partial charge in [-0.1, -0.05) is 24.3 Å². The zero-order valence-electron chi connectivity index (χ0n) is 17.6. The average Bonchev–Trinajstić information content (AvgIpc) is 2.81. The van der Waals surface area contributed by atoms with Crippen molar-refractivity contribution in [1.82, 2.24) is 5.32 Å². The van der Waals surface area contributed by atoms with E-state index in [1.165, 1.54) is 25.3 Å². The molecule has 1 aliphatic rings. The van der Waals surface area contributed by atoms with Crippen molar-refractivity contribution < 1.29 is 28.2 Å².